The monoisotopic (exact) mass is 414 g/mol. The summed E-state index contributed by atoms with van der Waals surface area (Å²) >= 11 is 0. The number of aromatic nitrogens is 1. The van der Waals surface area contributed by atoms with E-state index in [1.165, 1.54) is 0 Å². The molecule has 0 spiro atoms. The van der Waals surface area contributed by atoms with Gasteiger partial charge in [0, 0.05) is 24.7 Å². The van der Waals surface area contributed by atoms with E-state index < -0.39 is 24.3 Å². The molecule has 162 valence electrons. The van der Waals surface area contributed by atoms with Crippen LogP contribution in [0.1, 0.15) is 45.0 Å². The minimum absolute atomic E-state index is 0.0363. The molecule has 0 amide bonds. The first-order valence-electron chi connectivity index (χ1n) is 10.3. The molecule has 3 rings (SSSR count). The van der Waals surface area contributed by atoms with Gasteiger partial charge < -0.3 is 23.5 Å². The fraction of sp³-hybridized carbons (Fsp3) is 0.545. The molecule has 2 heterocycles. The van der Waals surface area contributed by atoms with E-state index in [0.29, 0.717) is 11.9 Å². The largest absolute Gasteiger partial charge is 0.494 e. The third-order valence-electron chi connectivity index (χ3n) is 5.91. The van der Waals surface area contributed by atoms with Crippen LogP contribution in [0.5, 0.6) is 0 Å². The summed E-state index contributed by atoms with van der Waals surface area (Å²) in [5.41, 5.74) is 0.238. The highest BCUT2D eigenvalue weighted by Crippen LogP contribution is 2.36. The van der Waals surface area contributed by atoms with E-state index in [2.05, 4.69) is 0 Å². The van der Waals surface area contributed by atoms with E-state index in [9.17, 15) is 9.59 Å². The number of benzene rings is 1. The molecule has 7 nitrogen and oxygen atoms in total. The molecular formula is C22H31BN2O5. The molecule has 1 aromatic carbocycles. The van der Waals surface area contributed by atoms with Crippen molar-refractivity contribution in [1.29, 1.82) is 0 Å². The lowest BCUT2D eigenvalue weighted by Gasteiger charge is -2.32. The first kappa shape index (κ1) is 22.5. The molecule has 1 fully saturated rings. The average Bonchev–Trinajstić information content (AvgIpc) is 2.88. The van der Waals surface area contributed by atoms with Crippen molar-refractivity contribution in [3.05, 3.63) is 40.2 Å². The number of pyridine rings is 1. The summed E-state index contributed by atoms with van der Waals surface area (Å²) in [5.74, 6) is -0.607. The molecule has 1 aromatic heterocycles. The first-order chi connectivity index (χ1) is 14.0. The Labute approximate surface area is 178 Å². The van der Waals surface area contributed by atoms with Crippen molar-refractivity contribution in [1.82, 2.24) is 9.47 Å². The molecule has 1 aliphatic heterocycles. The van der Waals surface area contributed by atoms with E-state index in [4.69, 9.17) is 14.0 Å². The molecule has 2 aromatic rings. The Morgan fingerprint density at radius 3 is 2.37 bits per heavy atom. The maximum absolute atomic E-state index is 13.2. The smallest absolute Gasteiger partial charge is 0.462 e. The minimum Gasteiger partial charge on any atom is -0.462 e. The highest BCUT2D eigenvalue weighted by atomic mass is 16.7. The second-order valence-corrected chi connectivity index (χ2v) is 8.95. The van der Waals surface area contributed by atoms with Crippen molar-refractivity contribution < 1.29 is 18.8 Å². The van der Waals surface area contributed by atoms with Crippen LogP contribution in [0, 0.1) is 0 Å². The van der Waals surface area contributed by atoms with Crippen molar-refractivity contribution in [2.24, 2.45) is 0 Å². The van der Waals surface area contributed by atoms with Crippen molar-refractivity contribution in [3.8, 4) is 0 Å². The molecular weight excluding hydrogens is 383 g/mol. The maximum atomic E-state index is 13.2. The quantitative estimate of drug-likeness (QED) is 0.532. The van der Waals surface area contributed by atoms with Crippen molar-refractivity contribution in [3.63, 3.8) is 0 Å². The number of carbonyl (C=O) groups is 1. The van der Waals surface area contributed by atoms with Crippen molar-refractivity contribution >= 4 is 29.5 Å². The SMILES string of the molecule is CCOC(=O)c1cn(CCN(C)C)c2ccc(B3OC(C)(C)C(C)(C)O3)cc2c1=O. The Morgan fingerprint density at radius 1 is 1.17 bits per heavy atom. The standard InChI is InChI=1S/C22H31BN2O5/c1-8-28-20(27)17-14-25(12-11-24(6)7)18-10-9-15(13-16(18)19(17)26)23-29-21(2,3)22(4,5)30-23/h9-10,13-14H,8,11-12H2,1-7H3. The highest BCUT2D eigenvalue weighted by molar-refractivity contribution is 6.62. The van der Waals surface area contributed by atoms with Gasteiger partial charge in [0.25, 0.3) is 0 Å². The van der Waals surface area contributed by atoms with E-state index in [0.717, 1.165) is 17.5 Å². The van der Waals surface area contributed by atoms with Crippen LogP contribution >= 0.6 is 0 Å². The van der Waals surface area contributed by atoms with Crippen LogP contribution in [0.15, 0.2) is 29.2 Å². The van der Waals surface area contributed by atoms with Crippen LogP contribution in [0.2, 0.25) is 0 Å². The van der Waals surface area contributed by atoms with E-state index in [-0.39, 0.29) is 17.6 Å². The van der Waals surface area contributed by atoms with Gasteiger partial charge in [-0.25, -0.2) is 4.79 Å². The molecule has 0 atom stereocenters. The first-order valence-corrected chi connectivity index (χ1v) is 10.3. The predicted molar refractivity (Wildman–Crippen MR) is 118 cm³/mol. The van der Waals surface area contributed by atoms with Gasteiger partial charge in [0.15, 0.2) is 0 Å². The number of hydrogen-bond acceptors (Lipinski definition) is 6. The number of carbonyl (C=O) groups excluding carboxylic acids is 1. The Bertz CT molecular complexity index is 996. The molecule has 30 heavy (non-hydrogen) atoms. The van der Waals surface area contributed by atoms with Crippen LogP contribution in [-0.2, 0) is 20.6 Å². The van der Waals surface area contributed by atoms with Gasteiger partial charge in [-0.3, -0.25) is 4.79 Å². The van der Waals surface area contributed by atoms with Crippen LogP contribution in [-0.4, -0.2) is 61.0 Å². The molecule has 0 N–H and O–H groups in total. The van der Waals surface area contributed by atoms with Gasteiger partial charge in [-0.1, -0.05) is 6.07 Å². The lowest BCUT2D eigenvalue weighted by molar-refractivity contribution is 0.00578. The van der Waals surface area contributed by atoms with Gasteiger partial charge in [0.2, 0.25) is 5.43 Å². The summed E-state index contributed by atoms with van der Waals surface area (Å²) in [6, 6.07) is 5.58. The second-order valence-electron chi connectivity index (χ2n) is 8.95. The average molecular weight is 414 g/mol. The second kappa shape index (κ2) is 8.17. The molecule has 0 bridgehead atoms. The fourth-order valence-electron chi connectivity index (χ4n) is 3.39. The summed E-state index contributed by atoms with van der Waals surface area (Å²) in [4.78, 5) is 27.6. The lowest BCUT2D eigenvalue weighted by atomic mass is 9.78. The Balaban J connectivity index is 2.12. The zero-order chi connectivity index (χ0) is 22.3. The lowest BCUT2D eigenvalue weighted by Crippen LogP contribution is -2.41. The Kier molecular flexibility index (Phi) is 6.14. The topological polar surface area (TPSA) is 70.0 Å². The summed E-state index contributed by atoms with van der Waals surface area (Å²) in [6.45, 7) is 11.3. The van der Waals surface area contributed by atoms with E-state index in [1.807, 2.05) is 63.4 Å². The third-order valence-corrected chi connectivity index (χ3v) is 5.91. The number of esters is 1. The Morgan fingerprint density at radius 2 is 1.80 bits per heavy atom. The molecule has 1 saturated heterocycles. The molecule has 0 saturated carbocycles. The normalized spacial score (nSPS) is 17.7. The summed E-state index contributed by atoms with van der Waals surface area (Å²) in [7, 11) is 3.38. The van der Waals surface area contributed by atoms with Gasteiger partial charge in [0.1, 0.15) is 5.56 Å². The molecule has 0 radical (unpaired) electrons. The summed E-state index contributed by atoms with van der Waals surface area (Å²) < 4.78 is 19.3. The Hall–Kier alpha value is -2.16. The number of fused-ring (bicyclic) bond motifs is 1. The number of hydrogen-bond donors (Lipinski definition) is 0. The molecule has 0 aliphatic carbocycles. The predicted octanol–water partition coefficient (Wildman–Crippen LogP) is 2.04. The zero-order valence-electron chi connectivity index (χ0n) is 18.9. The third kappa shape index (κ3) is 4.17. The number of rotatable bonds is 6. The van der Waals surface area contributed by atoms with Gasteiger partial charge in [0.05, 0.1) is 23.3 Å². The highest BCUT2D eigenvalue weighted by Gasteiger charge is 2.51. The van der Waals surface area contributed by atoms with Crippen molar-refractivity contribution in [2.75, 3.05) is 27.2 Å². The van der Waals surface area contributed by atoms with Gasteiger partial charge in [-0.05, 0) is 66.3 Å². The zero-order valence-corrected chi connectivity index (χ0v) is 18.9. The van der Waals surface area contributed by atoms with Gasteiger partial charge in [-0.15, -0.1) is 0 Å². The minimum atomic E-state index is -0.607. The van der Waals surface area contributed by atoms with Gasteiger partial charge >= 0.3 is 13.1 Å². The van der Waals surface area contributed by atoms with Crippen LogP contribution < -0.4 is 10.9 Å². The number of nitrogens with zero attached hydrogens (tertiary/aromatic N) is 2. The maximum Gasteiger partial charge on any atom is 0.494 e. The van der Waals surface area contributed by atoms with Crippen LogP contribution in [0.3, 0.4) is 0 Å². The van der Waals surface area contributed by atoms with Crippen LogP contribution in [0.4, 0.5) is 0 Å². The summed E-state index contributed by atoms with van der Waals surface area (Å²) in [5, 5.41) is 0.450. The molecule has 0 unspecified atom stereocenters. The fourth-order valence-corrected chi connectivity index (χ4v) is 3.39. The van der Waals surface area contributed by atoms with Crippen molar-refractivity contribution in [2.45, 2.75) is 52.4 Å². The number of likely N-dealkylation sites (N-methyl/N-ethyl adjacent to an activating group) is 1. The molecule has 8 heteroatoms. The van der Waals surface area contributed by atoms with Crippen LogP contribution in [0.25, 0.3) is 10.9 Å². The van der Waals surface area contributed by atoms with E-state index >= 15 is 0 Å². The van der Waals surface area contributed by atoms with Gasteiger partial charge in [-0.2, -0.15) is 0 Å². The molecule has 1 aliphatic rings. The summed E-state index contributed by atoms with van der Waals surface area (Å²) in [6.07, 6.45) is 1.60. The van der Waals surface area contributed by atoms with E-state index in [1.54, 1.807) is 19.2 Å². The number of ether oxygens (including phenoxy) is 1.